The SMILES string of the molecule is C[C@@H](NC(=O)C[C@@H]1NC(=O)N(c2ccc(F)cc2)C1=O)c1ccc(Cl)c(Cl)c1. The van der Waals surface area contributed by atoms with E-state index in [1.54, 1.807) is 25.1 Å². The first-order valence-corrected chi connectivity index (χ1v) is 9.16. The lowest BCUT2D eigenvalue weighted by molar-refractivity contribution is -0.126. The molecule has 0 saturated carbocycles. The van der Waals surface area contributed by atoms with Crippen LogP contribution in [0.1, 0.15) is 24.9 Å². The monoisotopic (exact) mass is 423 g/mol. The fourth-order valence-electron chi connectivity index (χ4n) is 2.86. The lowest BCUT2D eigenvalue weighted by Gasteiger charge is -2.16. The van der Waals surface area contributed by atoms with Gasteiger partial charge in [0.05, 0.1) is 28.2 Å². The van der Waals surface area contributed by atoms with E-state index in [2.05, 4.69) is 10.6 Å². The number of imide groups is 1. The quantitative estimate of drug-likeness (QED) is 0.717. The molecule has 0 spiro atoms. The Morgan fingerprint density at radius 3 is 2.50 bits per heavy atom. The average molecular weight is 424 g/mol. The fourth-order valence-corrected chi connectivity index (χ4v) is 3.16. The number of nitrogens with zero attached hydrogens (tertiary/aromatic N) is 1. The van der Waals surface area contributed by atoms with Gasteiger partial charge in [0.25, 0.3) is 5.91 Å². The molecule has 4 amide bonds. The summed E-state index contributed by atoms with van der Waals surface area (Å²) >= 11 is 11.9. The van der Waals surface area contributed by atoms with Crippen molar-refractivity contribution in [2.45, 2.75) is 25.4 Å². The molecule has 1 aliphatic heterocycles. The average Bonchev–Trinajstić information content (AvgIpc) is 2.91. The molecule has 1 heterocycles. The van der Waals surface area contributed by atoms with E-state index in [9.17, 15) is 18.8 Å². The van der Waals surface area contributed by atoms with E-state index in [0.717, 1.165) is 22.6 Å². The van der Waals surface area contributed by atoms with Gasteiger partial charge in [-0.3, -0.25) is 9.59 Å². The number of nitrogens with one attached hydrogen (secondary N) is 2. The summed E-state index contributed by atoms with van der Waals surface area (Å²) < 4.78 is 13.1. The Hall–Kier alpha value is -2.64. The van der Waals surface area contributed by atoms with E-state index in [1.807, 2.05) is 0 Å². The lowest BCUT2D eigenvalue weighted by Crippen LogP contribution is -2.37. The van der Waals surface area contributed by atoms with Crippen LogP contribution in [-0.2, 0) is 9.59 Å². The maximum absolute atomic E-state index is 13.1. The first kappa shape index (κ1) is 20.1. The van der Waals surface area contributed by atoms with Gasteiger partial charge in [0.2, 0.25) is 5.91 Å². The smallest absolute Gasteiger partial charge is 0.329 e. The summed E-state index contributed by atoms with van der Waals surface area (Å²) in [5.74, 6) is -1.48. The lowest BCUT2D eigenvalue weighted by atomic mass is 10.1. The fraction of sp³-hybridized carbons (Fsp3) is 0.211. The number of anilines is 1. The summed E-state index contributed by atoms with van der Waals surface area (Å²) in [5.41, 5.74) is 0.980. The zero-order valence-corrected chi connectivity index (χ0v) is 16.2. The number of hydrogen-bond donors (Lipinski definition) is 2. The van der Waals surface area contributed by atoms with Gasteiger partial charge in [-0.15, -0.1) is 0 Å². The van der Waals surface area contributed by atoms with E-state index in [4.69, 9.17) is 23.2 Å². The Labute approximate surface area is 170 Å². The molecule has 2 N–H and O–H groups in total. The number of urea groups is 1. The van der Waals surface area contributed by atoms with Crippen molar-refractivity contribution in [1.29, 1.82) is 0 Å². The normalized spacial score (nSPS) is 17.4. The van der Waals surface area contributed by atoms with Crippen molar-refractivity contribution in [3.8, 4) is 0 Å². The van der Waals surface area contributed by atoms with Gasteiger partial charge in [0.15, 0.2) is 0 Å². The van der Waals surface area contributed by atoms with Crippen molar-refractivity contribution in [3.05, 3.63) is 63.9 Å². The molecular weight excluding hydrogens is 408 g/mol. The summed E-state index contributed by atoms with van der Waals surface area (Å²) in [6, 6.07) is 7.91. The Morgan fingerprint density at radius 1 is 1.18 bits per heavy atom. The maximum Gasteiger partial charge on any atom is 0.329 e. The molecule has 28 heavy (non-hydrogen) atoms. The molecule has 1 aliphatic rings. The first-order chi connectivity index (χ1) is 13.3. The Morgan fingerprint density at radius 2 is 1.86 bits per heavy atom. The molecular formula is C19H16Cl2FN3O3. The van der Waals surface area contributed by atoms with Gasteiger partial charge in [-0.25, -0.2) is 14.1 Å². The summed E-state index contributed by atoms with van der Waals surface area (Å²) in [6.07, 6.45) is -0.228. The maximum atomic E-state index is 13.1. The van der Waals surface area contributed by atoms with Crippen LogP contribution in [0.4, 0.5) is 14.9 Å². The van der Waals surface area contributed by atoms with Crippen molar-refractivity contribution < 1.29 is 18.8 Å². The molecule has 0 aromatic heterocycles. The van der Waals surface area contributed by atoms with Gasteiger partial charge in [0.1, 0.15) is 11.9 Å². The van der Waals surface area contributed by atoms with E-state index < -0.39 is 29.7 Å². The van der Waals surface area contributed by atoms with Gasteiger partial charge in [-0.1, -0.05) is 29.3 Å². The molecule has 3 rings (SSSR count). The third kappa shape index (κ3) is 4.26. The third-order valence-corrected chi connectivity index (χ3v) is 5.05. The van der Waals surface area contributed by atoms with Crippen LogP contribution in [0.2, 0.25) is 10.0 Å². The van der Waals surface area contributed by atoms with Gasteiger partial charge in [-0.05, 0) is 48.9 Å². The van der Waals surface area contributed by atoms with Crippen molar-refractivity contribution in [2.24, 2.45) is 0 Å². The van der Waals surface area contributed by atoms with Gasteiger partial charge < -0.3 is 10.6 Å². The molecule has 9 heteroatoms. The van der Waals surface area contributed by atoms with Crippen molar-refractivity contribution >= 4 is 46.7 Å². The highest BCUT2D eigenvalue weighted by Gasteiger charge is 2.40. The molecule has 2 atom stereocenters. The van der Waals surface area contributed by atoms with Crippen LogP contribution in [-0.4, -0.2) is 23.9 Å². The molecule has 1 fully saturated rings. The topological polar surface area (TPSA) is 78.5 Å². The molecule has 0 radical (unpaired) electrons. The zero-order chi connectivity index (χ0) is 20.4. The Balaban J connectivity index is 1.64. The molecule has 2 aromatic carbocycles. The number of hydrogen-bond acceptors (Lipinski definition) is 3. The van der Waals surface area contributed by atoms with Gasteiger partial charge >= 0.3 is 6.03 Å². The second kappa shape index (κ2) is 8.16. The number of carbonyl (C=O) groups excluding carboxylic acids is 3. The van der Waals surface area contributed by atoms with Gasteiger partial charge in [0, 0.05) is 0 Å². The molecule has 0 unspecified atom stereocenters. The van der Waals surface area contributed by atoms with Crippen molar-refractivity contribution in [1.82, 2.24) is 10.6 Å². The summed E-state index contributed by atoms with van der Waals surface area (Å²) in [5, 5.41) is 6.00. The van der Waals surface area contributed by atoms with E-state index in [1.165, 1.54) is 12.1 Å². The molecule has 2 aromatic rings. The predicted octanol–water partition coefficient (Wildman–Crippen LogP) is 3.82. The highest BCUT2D eigenvalue weighted by Crippen LogP contribution is 2.26. The number of benzene rings is 2. The third-order valence-electron chi connectivity index (χ3n) is 4.31. The highest BCUT2D eigenvalue weighted by atomic mass is 35.5. The van der Waals surface area contributed by atoms with Crippen LogP contribution >= 0.6 is 23.2 Å². The van der Waals surface area contributed by atoms with E-state index in [0.29, 0.717) is 10.0 Å². The zero-order valence-electron chi connectivity index (χ0n) is 14.7. The van der Waals surface area contributed by atoms with Crippen molar-refractivity contribution in [2.75, 3.05) is 4.90 Å². The van der Waals surface area contributed by atoms with Crippen molar-refractivity contribution in [3.63, 3.8) is 0 Å². The molecule has 0 aliphatic carbocycles. The highest BCUT2D eigenvalue weighted by molar-refractivity contribution is 6.42. The second-order valence-corrected chi connectivity index (χ2v) is 7.13. The molecule has 0 bridgehead atoms. The second-order valence-electron chi connectivity index (χ2n) is 6.32. The van der Waals surface area contributed by atoms with Crippen LogP contribution in [0, 0.1) is 5.82 Å². The largest absolute Gasteiger partial charge is 0.350 e. The van der Waals surface area contributed by atoms with Gasteiger partial charge in [-0.2, -0.15) is 0 Å². The minimum Gasteiger partial charge on any atom is -0.350 e. The molecule has 146 valence electrons. The van der Waals surface area contributed by atoms with E-state index >= 15 is 0 Å². The van der Waals surface area contributed by atoms with Crippen LogP contribution in [0.5, 0.6) is 0 Å². The minimum atomic E-state index is -1.00. The Bertz CT molecular complexity index is 937. The summed E-state index contributed by atoms with van der Waals surface area (Å²) in [6.45, 7) is 1.76. The van der Waals surface area contributed by atoms with Crippen LogP contribution < -0.4 is 15.5 Å². The first-order valence-electron chi connectivity index (χ1n) is 8.40. The standard InChI is InChI=1S/C19H16Cl2FN3O3/c1-10(11-2-7-14(20)15(21)8-11)23-17(26)9-16-18(27)25(19(28)24-16)13-5-3-12(22)4-6-13/h2-8,10,16H,9H2,1H3,(H,23,26)(H,24,28)/t10-,16+/m1/s1. The number of amides is 4. The predicted molar refractivity (Wildman–Crippen MR) is 104 cm³/mol. The van der Waals surface area contributed by atoms with Crippen LogP contribution in [0.25, 0.3) is 0 Å². The van der Waals surface area contributed by atoms with Crippen LogP contribution in [0.3, 0.4) is 0 Å². The van der Waals surface area contributed by atoms with E-state index in [-0.39, 0.29) is 18.2 Å². The molecule has 6 nitrogen and oxygen atoms in total. The number of carbonyl (C=O) groups is 3. The number of rotatable bonds is 5. The molecule has 1 saturated heterocycles. The number of halogens is 3. The summed E-state index contributed by atoms with van der Waals surface area (Å²) in [7, 11) is 0. The summed E-state index contributed by atoms with van der Waals surface area (Å²) in [4.78, 5) is 37.8. The Kier molecular flexibility index (Phi) is 5.86. The minimum absolute atomic E-state index is 0.228. The van der Waals surface area contributed by atoms with Crippen LogP contribution in [0.15, 0.2) is 42.5 Å².